The van der Waals surface area contributed by atoms with Gasteiger partial charge in [-0.3, -0.25) is 0 Å². The number of benzene rings is 1. The van der Waals surface area contributed by atoms with E-state index >= 15 is 0 Å². The Morgan fingerprint density at radius 1 is 0.750 bits per heavy atom. The third-order valence-corrected chi connectivity index (χ3v) is 3.81. The Bertz CT molecular complexity index is 420. The lowest BCUT2D eigenvalue weighted by molar-refractivity contribution is 0.0964. The fourth-order valence-electron chi connectivity index (χ4n) is 2.28. The van der Waals surface area contributed by atoms with Crippen LogP contribution in [-0.4, -0.2) is 44.7 Å². The summed E-state index contributed by atoms with van der Waals surface area (Å²) in [5.74, 6) is 0.995. The molecule has 0 fully saturated rings. The predicted molar refractivity (Wildman–Crippen MR) is 97.8 cm³/mol. The van der Waals surface area contributed by atoms with Crippen LogP contribution in [0, 0.1) is 13.8 Å². The highest BCUT2D eigenvalue weighted by Gasteiger charge is 1.99. The molecule has 1 aromatic carbocycles. The van der Waals surface area contributed by atoms with Crippen molar-refractivity contribution in [3.63, 3.8) is 0 Å². The fraction of sp³-hybridized carbons (Fsp3) is 0.700. The van der Waals surface area contributed by atoms with Crippen LogP contribution in [-0.2, 0) is 9.47 Å². The Kier molecular flexibility index (Phi) is 12.4. The molecule has 1 rings (SSSR count). The molecular formula is C20H34O4. The molecule has 0 unspecified atom stereocenters. The van der Waals surface area contributed by atoms with Crippen molar-refractivity contribution in [1.82, 2.24) is 0 Å². The van der Waals surface area contributed by atoms with Crippen molar-refractivity contribution >= 4 is 0 Å². The van der Waals surface area contributed by atoms with Gasteiger partial charge in [0.05, 0.1) is 6.61 Å². The van der Waals surface area contributed by atoms with E-state index in [1.54, 1.807) is 0 Å². The second-order valence-electron chi connectivity index (χ2n) is 6.19. The second-order valence-corrected chi connectivity index (χ2v) is 6.19. The van der Waals surface area contributed by atoms with E-state index in [0.717, 1.165) is 77.3 Å². The van der Waals surface area contributed by atoms with Crippen molar-refractivity contribution < 1.29 is 19.3 Å². The summed E-state index contributed by atoms with van der Waals surface area (Å²) >= 11 is 0. The fourth-order valence-corrected chi connectivity index (χ4v) is 2.28. The molecule has 0 atom stereocenters. The molecule has 0 heterocycles. The normalized spacial score (nSPS) is 11.0. The summed E-state index contributed by atoms with van der Waals surface area (Å²) in [5.41, 5.74) is 2.42. The maximum absolute atomic E-state index is 8.64. The van der Waals surface area contributed by atoms with Gasteiger partial charge in [0.1, 0.15) is 5.75 Å². The molecule has 0 aliphatic heterocycles. The average molecular weight is 338 g/mol. The smallest absolute Gasteiger partial charge is 0.122 e. The number of hydrogen-bond acceptors (Lipinski definition) is 4. The Morgan fingerprint density at radius 3 is 1.88 bits per heavy atom. The van der Waals surface area contributed by atoms with Crippen molar-refractivity contribution in [3.8, 4) is 5.75 Å². The zero-order chi connectivity index (χ0) is 17.5. The Labute approximate surface area is 147 Å². The van der Waals surface area contributed by atoms with Gasteiger partial charge in [-0.2, -0.15) is 0 Å². The number of aliphatic hydroxyl groups excluding tert-OH is 1. The molecule has 1 N–H and O–H groups in total. The van der Waals surface area contributed by atoms with E-state index in [4.69, 9.17) is 19.3 Å². The molecule has 0 saturated heterocycles. The van der Waals surface area contributed by atoms with Gasteiger partial charge in [-0.1, -0.05) is 12.1 Å². The zero-order valence-electron chi connectivity index (χ0n) is 15.4. The molecule has 24 heavy (non-hydrogen) atoms. The van der Waals surface area contributed by atoms with E-state index in [1.165, 1.54) is 11.1 Å². The lowest BCUT2D eigenvalue weighted by Gasteiger charge is -2.10. The maximum Gasteiger partial charge on any atom is 0.122 e. The summed E-state index contributed by atoms with van der Waals surface area (Å²) in [5, 5.41) is 8.64. The van der Waals surface area contributed by atoms with Crippen LogP contribution in [0.3, 0.4) is 0 Å². The van der Waals surface area contributed by atoms with Gasteiger partial charge in [0.25, 0.3) is 0 Å². The number of ether oxygens (including phenoxy) is 3. The molecule has 1 aromatic rings. The molecule has 4 nitrogen and oxygen atoms in total. The van der Waals surface area contributed by atoms with E-state index in [1.807, 2.05) is 0 Å². The Balaban J connectivity index is 1.85. The number of aryl methyl sites for hydroxylation is 2. The Morgan fingerprint density at radius 2 is 1.29 bits per heavy atom. The summed E-state index contributed by atoms with van der Waals surface area (Å²) < 4.78 is 16.9. The second kappa shape index (κ2) is 14.3. The standard InChI is InChI=1S/C20H34O4/c1-18-9-10-19(2)20(17-18)24-16-8-7-15-23-14-6-5-13-22-12-4-3-11-21/h9-10,17,21H,3-8,11-16H2,1-2H3. The minimum Gasteiger partial charge on any atom is -0.493 e. The first-order valence-corrected chi connectivity index (χ1v) is 9.20. The first kappa shape index (κ1) is 20.9. The van der Waals surface area contributed by atoms with Crippen LogP contribution in [0.25, 0.3) is 0 Å². The minimum absolute atomic E-state index is 0.257. The first-order chi connectivity index (χ1) is 11.7. The minimum atomic E-state index is 0.257. The largest absolute Gasteiger partial charge is 0.493 e. The summed E-state index contributed by atoms with van der Waals surface area (Å²) in [6.45, 7) is 8.31. The van der Waals surface area contributed by atoms with Gasteiger partial charge in [-0.15, -0.1) is 0 Å². The third kappa shape index (κ3) is 10.6. The predicted octanol–water partition coefficient (Wildman–Crippen LogP) is 4.05. The van der Waals surface area contributed by atoms with Crippen molar-refractivity contribution in [1.29, 1.82) is 0 Å². The van der Waals surface area contributed by atoms with Gasteiger partial charge < -0.3 is 19.3 Å². The molecule has 0 aliphatic rings. The number of rotatable bonds is 15. The quantitative estimate of drug-likeness (QED) is 0.490. The summed E-state index contributed by atoms with van der Waals surface area (Å²) in [4.78, 5) is 0. The summed E-state index contributed by atoms with van der Waals surface area (Å²) in [6.07, 6.45) is 5.89. The molecule has 0 aromatic heterocycles. The van der Waals surface area contributed by atoms with Crippen LogP contribution in [0.2, 0.25) is 0 Å². The van der Waals surface area contributed by atoms with Crippen molar-refractivity contribution in [2.24, 2.45) is 0 Å². The van der Waals surface area contributed by atoms with Gasteiger partial charge in [0.2, 0.25) is 0 Å². The Hall–Kier alpha value is -1.10. The van der Waals surface area contributed by atoms with Gasteiger partial charge >= 0.3 is 0 Å². The van der Waals surface area contributed by atoms with Gasteiger partial charge in [-0.25, -0.2) is 0 Å². The van der Waals surface area contributed by atoms with Crippen molar-refractivity contribution in [3.05, 3.63) is 29.3 Å². The van der Waals surface area contributed by atoms with Crippen LogP contribution in [0.15, 0.2) is 18.2 Å². The summed E-state index contributed by atoms with van der Waals surface area (Å²) in [6, 6.07) is 6.30. The lowest BCUT2D eigenvalue weighted by atomic mass is 10.1. The number of unbranched alkanes of at least 4 members (excludes halogenated alkanes) is 3. The molecule has 138 valence electrons. The number of aliphatic hydroxyl groups is 1. The van der Waals surface area contributed by atoms with Crippen LogP contribution >= 0.6 is 0 Å². The average Bonchev–Trinajstić information content (AvgIpc) is 2.58. The van der Waals surface area contributed by atoms with E-state index in [-0.39, 0.29) is 6.61 Å². The molecular weight excluding hydrogens is 304 g/mol. The lowest BCUT2D eigenvalue weighted by Crippen LogP contribution is -2.04. The summed E-state index contributed by atoms with van der Waals surface area (Å²) in [7, 11) is 0. The SMILES string of the molecule is Cc1ccc(C)c(OCCCCOCCCCOCCCCO)c1. The van der Waals surface area contributed by atoms with Crippen LogP contribution < -0.4 is 4.74 Å². The third-order valence-electron chi connectivity index (χ3n) is 3.81. The highest BCUT2D eigenvalue weighted by atomic mass is 16.5. The number of hydrogen-bond donors (Lipinski definition) is 1. The van der Waals surface area contributed by atoms with Gasteiger partial charge in [0, 0.05) is 33.0 Å². The molecule has 0 bridgehead atoms. The van der Waals surface area contributed by atoms with Crippen molar-refractivity contribution in [2.45, 2.75) is 52.4 Å². The molecule has 0 saturated carbocycles. The van der Waals surface area contributed by atoms with E-state index < -0.39 is 0 Å². The topological polar surface area (TPSA) is 47.9 Å². The molecule has 0 radical (unpaired) electrons. The maximum atomic E-state index is 8.64. The van der Waals surface area contributed by atoms with Crippen molar-refractivity contribution in [2.75, 3.05) is 39.6 Å². The monoisotopic (exact) mass is 338 g/mol. The first-order valence-electron chi connectivity index (χ1n) is 9.20. The van der Waals surface area contributed by atoms with Crippen LogP contribution in [0.1, 0.15) is 49.7 Å². The van der Waals surface area contributed by atoms with Gasteiger partial charge in [-0.05, 0) is 69.6 Å². The van der Waals surface area contributed by atoms with Crippen LogP contribution in [0.5, 0.6) is 5.75 Å². The van der Waals surface area contributed by atoms with Crippen LogP contribution in [0.4, 0.5) is 0 Å². The zero-order valence-corrected chi connectivity index (χ0v) is 15.4. The van der Waals surface area contributed by atoms with Gasteiger partial charge in [0.15, 0.2) is 0 Å². The molecule has 0 aliphatic carbocycles. The highest BCUT2D eigenvalue weighted by Crippen LogP contribution is 2.19. The molecule has 0 amide bonds. The molecule has 4 heteroatoms. The highest BCUT2D eigenvalue weighted by molar-refractivity contribution is 5.35. The van der Waals surface area contributed by atoms with E-state index in [2.05, 4.69) is 32.0 Å². The van der Waals surface area contributed by atoms with E-state index in [0.29, 0.717) is 0 Å². The molecule has 0 spiro atoms. The van der Waals surface area contributed by atoms with E-state index in [9.17, 15) is 0 Å².